The van der Waals surface area contributed by atoms with Gasteiger partial charge in [0.25, 0.3) is 0 Å². The Morgan fingerprint density at radius 1 is 1.22 bits per heavy atom. The van der Waals surface area contributed by atoms with E-state index < -0.39 is 59.6 Å². The lowest BCUT2D eigenvalue weighted by atomic mass is 9.72. The van der Waals surface area contributed by atoms with Crippen molar-refractivity contribution in [1.82, 2.24) is 5.32 Å². The van der Waals surface area contributed by atoms with Gasteiger partial charge in [0, 0.05) is 32.8 Å². The molecule has 0 spiro atoms. The number of esters is 1. The fourth-order valence-corrected chi connectivity index (χ4v) is 7.21. The molecule has 0 aromatic heterocycles. The second kappa shape index (κ2) is 17.1. The number of hydrogen-bond donors (Lipinski definition) is 4. The monoisotopic (exact) mass is 742 g/mol. The van der Waals surface area contributed by atoms with Crippen molar-refractivity contribution in [3.63, 3.8) is 0 Å². The minimum Gasteiger partial charge on any atom is -0.495 e. The Morgan fingerprint density at radius 2 is 1.94 bits per heavy atom. The molecule has 0 aliphatic carbocycles. The molecule has 280 valence electrons. The second-order valence-electron chi connectivity index (χ2n) is 13.4. The van der Waals surface area contributed by atoms with Crippen molar-refractivity contribution >= 4 is 41.8 Å². The van der Waals surface area contributed by atoms with Gasteiger partial charge in [-0.3, -0.25) is 4.79 Å². The summed E-state index contributed by atoms with van der Waals surface area (Å²) >= 11 is 10.8. The molecule has 6 bridgehead atoms. The van der Waals surface area contributed by atoms with Gasteiger partial charge in [0.1, 0.15) is 28.6 Å². The molecular weight excluding hydrogens is 692 g/mol. The number of allylic oxidation sites excluding steroid dienone is 3. The number of methoxy groups -OCH3 is 2. The topological polar surface area (TPSA) is 154 Å². The molecule has 5 rings (SSSR count). The molecule has 4 aliphatic rings. The Morgan fingerprint density at radius 3 is 2.60 bits per heavy atom. The third-order valence-electron chi connectivity index (χ3n) is 9.38. The van der Waals surface area contributed by atoms with Gasteiger partial charge in [-0.1, -0.05) is 35.4 Å². The van der Waals surface area contributed by atoms with Crippen molar-refractivity contribution in [3.8, 4) is 5.75 Å². The molecule has 1 unspecified atom stereocenters. The summed E-state index contributed by atoms with van der Waals surface area (Å²) in [6.07, 6.45) is 0.551. The zero-order valence-electron chi connectivity index (χ0n) is 29.8. The average molecular weight is 743 g/mol. The number of carbonyl (C=O) groups excluding carboxylic acids is 2. The first-order valence-electron chi connectivity index (χ1n) is 16.6. The number of carbonyl (C=O) groups is 2. The molecular formula is C35H51ClN2O11S. The van der Waals surface area contributed by atoms with E-state index >= 15 is 0 Å². The molecule has 4 aliphatic heterocycles. The number of hydrogen-bond acceptors (Lipinski definition) is 13. The molecule has 8 atom stereocenters. The summed E-state index contributed by atoms with van der Waals surface area (Å²) in [7, 11) is 4.56. The Bertz CT molecular complexity index is 1420. The van der Waals surface area contributed by atoms with Crippen molar-refractivity contribution < 1.29 is 53.0 Å². The van der Waals surface area contributed by atoms with E-state index in [1.807, 2.05) is 19.1 Å². The van der Waals surface area contributed by atoms with E-state index in [2.05, 4.69) is 17.9 Å². The van der Waals surface area contributed by atoms with Crippen molar-refractivity contribution in [1.29, 1.82) is 0 Å². The maximum Gasteiger partial charge on any atom is 0.335 e. The van der Waals surface area contributed by atoms with Crippen LogP contribution in [0.15, 0.2) is 35.9 Å². The zero-order valence-corrected chi connectivity index (χ0v) is 31.4. The predicted octanol–water partition coefficient (Wildman–Crippen LogP) is 3.32. The van der Waals surface area contributed by atoms with Gasteiger partial charge in [0.2, 0.25) is 12.3 Å². The number of amides is 1. The summed E-state index contributed by atoms with van der Waals surface area (Å²) in [6.45, 7) is 7.91. The smallest absolute Gasteiger partial charge is 0.335 e. The lowest BCUT2D eigenvalue weighted by molar-refractivity contribution is -0.364. The Balaban J connectivity index is 1.72. The molecule has 4 heterocycles. The summed E-state index contributed by atoms with van der Waals surface area (Å²) in [5.41, 5.74) is -1.75. The van der Waals surface area contributed by atoms with E-state index in [0.29, 0.717) is 30.2 Å². The largest absolute Gasteiger partial charge is 0.495 e. The highest BCUT2D eigenvalue weighted by molar-refractivity contribution is 7.80. The highest BCUT2D eigenvalue weighted by Gasteiger charge is 2.62. The lowest BCUT2D eigenvalue weighted by Gasteiger charge is -2.60. The van der Waals surface area contributed by atoms with Crippen molar-refractivity contribution in [2.45, 2.75) is 101 Å². The zero-order chi connectivity index (χ0) is 36.9. The van der Waals surface area contributed by atoms with Crippen LogP contribution in [0.2, 0.25) is 5.02 Å². The van der Waals surface area contributed by atoms with Gasteiger partial charge in [-0.05, 0) is 51.8 Å². The number of rotatable bonds is 10. The summed E-state index contributed by atoms with van der Waals surface area (Å²) in [5, 5.41) is 25.4. The number of nitrogens with one attached hydrogen (secondary N) is 1. The third-order valence-corrected chi connectivity index (χ3v) is 9.95. The first kappa shape index (κ1) is 40.5. The molecule has 13 nitrogen and oxygen atoms in total. The van der Waals surface area contributed by atoms with Crippen LogP contribution >= 0.6 is 24.2 Å². The van der Waals surface area contributed by atoms with Gasteiger partial charge in [-0.2, -0.15) is 12.6 Å². The van der Waals surface area contributed by atoms with Crippen molar-refractivity contribution in [2.75, 3.05) is 51.7 Å². The van der Waals surface area contributed by atoms with E-state index in [0.717, 1.165) is 11.1 Å². The number of nitrogens with zero attached hydrogens (tertiary/aromatic N) is 1. The van der Waals surface area contributed by atoms with Crippen LogP contribution < -0.4 is 15.0 Å². The van der Waals surface area contributed by atoms with Gasteiger partial charge in [0.05, 0.1) is 50.7 Å². The van der Waals surface area contributed by atoms with E-state index in [1.54, 1.807) is 46.0 Å². The van der Waals surface area contributed by atoms with Gasteiger partial charge < -0.3 is 48.3 Å². The van der Waals surface area contributed by atoms with Crippen LogP contribution in [0.3, 0.4) is 0 Å². The van der Waals surface area contributed by atoms with Crippen molar-refractivity contribution in [3.05, 3.63) is 46.5 Å². The third kappa shape index (κ3) is 9.40. The number of aliphatic hydroxyl groups is 2. The fraction of sp³-hybridized carbons (Fsp3) is 0.657. The summed E-state index contributed by atoms with van der Waals surface area (Å²) in [6, 6.07) is 3.62. The summed E-state index contributed by atoms with van der Waals surface area (Å²) < 4.78 is 40.6. The number of anilines is 1. The first-order chi connectivity index (χ1) is 23.6. The molecule has 1 aromatic rings. The number of thiol groups is 1. The molecule has 2 saturated heterocycles. The van der Waals surface area contributed by atoms with Crippen molar-refractivity contribution in [2.24, 2.45) is 0 Å². The Labute approximate surface area is 304 Å². The Hall–Kier alpha value is -2.24. The quantitative estimate of drug-likeness (QED) is 0.158. The SMILES string of the molecule is COc1cc2cc(c1Cl)N(C)C(=O)C[C@H](OC(=O)[C@H](C)OCCOCCS)[C@@]1(C)C[C@@](C)(O1)[C@@H]1C[C@@](O)(NC(O)O1)[C@H](OC)/C=C/C=C(\C)C2. The van der Waals surface area contributed by atoms with Crippen LogP contribution in [0.25, 0.3) is 0 Å². The molecule has 3 N–H and O–H groups in total. The van der Waals surface area contributed by atoms with Gasteiger partial charge >= 0.3 is 5.97 Å². The van der Waals surface area contributed by atoms with Crippen LogP contribution in [-0.2, 0) is 44.4 Å². The van der Waals surface area contributed by atoms with E-state index in [1.165, 1.54) is 19.1 Å². The molecule has 0 saturated carbocycles. The van der Waals surface area contributed by atoms with Crippen LogP contribution in [-0.4, -0.2) is 117 Å². The van der Waals surface area contributed by atoms with Gasteiger partial charge in [-0.15, -0.1) is 0 Å². The molecule has 0 radical (unpaired) electrons. The number of ether oxygens (including phenoxy) is 7. The standard InChI is InChI=1S/C35H51ClN2O11S/c1-21-9-8-10-26(44-7)35(42)19-28(48-32(41)37-35)34(4)20-33(3,49-34)27(47-31(40)22(2)46-12-11-45-13-14-50)18-29(39)38(5)24-16-23(15-21)17-25(43-6)30(24)36/h8-10,16-17,22,26-28,32,37,41-42,50H,11-15,18-20H2,1-7H3/b10-8+,21-9+/t22-,26+,27-,28-,32?,33+,34+,35-/m0/s1. The van der Waals surface area contributed by atoms with Crippen LogP contribution in [0, 0.1) is 0 Å². The number of halogens is 1. The number of aliphatic hydroxyl groups excluding tert-OH is 1. The summed E-state index contributed by atoms with van der Waals surface area (Å²) in [4.78, 5) is 28.8. The molecule has 1 amide bonds. The normalized spacial score (nSPS) is 34.3. The van der Waals surface area contributed by atoms with E-state index in [-0.39, 0.29) is 37.5 Å². The van der Waals surface area contributed by atoms with Crippen LogP contribution in [0.1, 0.15) is 52.5 Å². The highest BCUT2D eigenvalue weighted by Crippen LogP contribution is 2.50. The minimum absolute atomic E-state index is 0.0153. The summed E-state index contributed by atoms with van der Waals surface area (Å²) in [5.74, 6) is -0.125. The van der Waals surface area contributed by atoms with Crippen LogP contribution in [0.5, 0.6) is 5.75 Å². The fourth-order valence-electron chi connectivity index (χ4n) is 6.77. The number of fused-ring (bicyclic) bond motifs is 6. The van der Waals surface area contributed by atoms with E-state index in [9.17, 15) is 19.8 Å². The predicted molar refractivity (Wildman–Crippen MR) is 189 cm³/mol. The molecule has 15 heteroatoms. The Kier molecular flexibility index (Phi) is 13.8. The van der Waals surface area contributed by atoms with Crippen LogP contribution in [0.4, 0.5) is 5.69 Å². The first-order valence-corrected chi connectivity index (χ1v) is 17.6. The highest BCUT2D eigenvalue weighted by atomic mass is 35.5. The average Bonchev–Trinajstić information content (AvgIpc) is 3.04. The maximum atomic E-state index is 14.0. The maximum absolute atomic E-state index is 14.0. The van der Waals surface area contributed by atoms with Gasteiger partial charge in [0.15, 0.2) is 11.8 Å². The molecule has 2 fully saturated rings. The van der Waals surface area contributed by atoms with E-state index in [4.69, 9.17) is 44.8 Å². The minimum atomic E-state index is -1.73. The molecule has 50 heavy (non-hydrogen) atoms. The lowest BCUT2D eigenvalue weighted by Crippen LogP contribution is -2.73. The van der Waals surface area contributed by atoms with Gasteiger partial charge in [-0.25, -0.2) is 10.1 Å². The second-order valence-corrected chi connectivity index (χ2v) is 14.3. The molecule has 1 aromatic carbocycles. The number of benzene rings is 1.